The lowest BCUT2D eigenvalue weighted by molar-refractivity contribution is -0.142. The Morgan fingerprint density at radius 2 is 2.10 bits per heavy atom. The van der Waals surface area contributed by atoms with E-state index in [1.807, 2.05) is 20.8 Å². The Labute approximate surface area is 123 Å². The standard InChI is InChI=1S/C15H20N2O4/c1-15(2,3)12-7-10(16-21-12)13(18)17-8-4-5-11(17)9(6-8)14(19)20/h7-9,11H,4-6H2,1-3H3,(H,19,20). The molecule has 6 heteroatoms. The van der Waals surface area contributed by atoms with Crippen molar-refractivity contribution in [2.24, 2.45) is 5.92 Å². The molecule has 2 bridgehead atoms. The van der Waals surface area contributed by atoms with E-state index in [2.05, 4.69) is 5.16 Å². The molecule has 1 aromatic heterocycles. The molecule has 2 aliphatic rings. The minimum atomic E-state index is -0.810. The highest BCUT2D eigenvalue weighted by molar-refractivity contribution is 5.94. The fourth-order valence-corrected chi connectivity index (χ4v) is 3.43. The van der Waals surface area contributed by atoms with Gasteiger partial charge in [0.05, 0.1) is 5.92 Å². The second kappa shape index (κ2) is 4.58. The van der Waals surface area contributed by atoms with Gasteiger partial charge >= 0.3 is 5.97 Å². The molecule has 21 heavy (non-hydrogen) atoms. The Hall–Kier alpha value is -1.85. The molecule has 1 N–H and O–H groups in total. The van der Waals surface area contributed by atoms with Crippen LogP contribution in [-0.4, -0.2) is 39.1 Å². The number of carboxylic acids is 1. The molecule has 6 nitrogen and oxygen atoms in total. The first-order valence-electron chi connectivity index (χ1n) is 7.31. The number of nitrogens with zero attached hydrogens (tertiary/aromatic N) is 2. The zero-order chi connectivity index (χ0) is 15.4. The van der Waals surface area contributed by atoms with Crippen LogP contribution in [0.4, 0.5) is 0 Å². The summed E-state index contributed by atoms with van der Waals surface area (Å²) < 4.78 is 5.26. The zero-order valence-corrected chi connectivity index (χ0v) is 12.5. The maximum atomic E-state index is 12.6. The largest absolute Gasteiger partial charge is 0.481 e. The Balaban J connectivity index is 1.83. The molecular formula is C15H20N2O4. The number of carboxylic acid groups (broad SMARTS) is 1. The smallest absolute Gasteiger partial charge is 0.308 e. The second-order valence-electron chi connectivity index (χ2n) is 7.02. The van der Waals surface area contributed by atoms with Crippen molar-refractivity contribution in [2.75, 3.05) is 0 Å². The molecule has 0 radical (unpaired) electrons. The third kappa shape index (κ3) is 2.22. The van der Waals surface area contributed by atoms with E-state index < -0.39 is 11.9 Å². The molecule has 0 spiro atoms. The monoisotopic (exact) mass is 292 g/mol. The van der Waals surface area contributed by atoms with Gasteiger partial charge in [-0.25, -0.2) is 0 Å². The van der Waals surface area contributed by atoms with Crippen molar-refractivity contribution >= 4 is 11.9 Å². The number of carbonyl (C=O) groups excluding carboxylic acids is 1. The summed E-state index contributed by atoms with van der Waals surface area (Å²) in [4.78, 5) is 25.6. The number of hydrogen-bond acceptors (Lipinski definition) is 4. The van der Waals surface area contributed by atoms with Crippen molar-refractivity contribution < 1.29 is 19.2 Å². The van der Waals surface area contributed by atoms with Gasteiger partial charge in [0.2, 0.25) is 0 Å². The van der Waals surface area contributed by atoms with Gasteiger partial charge in [-0.05, 0) is 19.3 Å². The van der Waals surface area contributed by atoms with E-state index in [1.165, 1.54) is 0 Å². The topological polar surface area (TPSA) is 83.6 Å². The lowest BCUT2D eigenvalue weighted by atomic mass is 9.89. The molecule has 3 heterocycles. The van der Waals surface area contributed by atoms with E-state index in [4.69, 9.17) is 4.52 Å². The van der Waals surface area contributed by atoms with Gasteiger partial charge in [-0.2, -0.15) is 0 Å². The first-order chi connectivity index (χ1) is 9.79. The Bertz CT molecular complexity index is 587. The van der Waals surface area contributed by atoms with Gasteiger partial charge in [0, 0.05) is 23.6 Å². The van der Waals surface area contributed by atoms with Crippen LogP contribution in [0.2, 0.25) is 0 Å². The summed E-state index contributed by atoms with van der Waals surface area (Å²) in [5, 5.41) is 13.1. The van der Waals surface area contributed by atoms with Gasteiger partial charge in [-0.1, -0.05) is 25.9 Å². The fourth-order valence-electron chi connectivity index (χ4n) is 3.43. The summed E-state index contributed by atoms with van der Waals surface area (Å²) in [5.74, 6) is -0.796. The fraction of sp³-hybridized carbons (Fsp3) is 0.667. The number of fused-ring (bicyclic) bond motifs is 2. The molecule has 2 aliphatic heterocycles. The first kappa shape index (κ1) is 14.1. The zero-order valence-electron chi connectivity index (χ0n) is 12.5. The molecule has 0 saturated carbocycles. The van der Waals surface area contributed by atoms with Gasteiger partial charge in [0.1, 0.15) is 5.76 Å². The highest BCUT2D eigenvalue weighted by atomic mass is 16.5. The minimum absolute atomic E-state index is 0.0263. The summed E-state index contributed by atoms with van der Waals surface area (Å²) >= 11 is 0. The van der Waals surface area contributed by atoms with E-state index in [-0.39, 0.29) is 29.1 Å². The van der Waals surface area contributed by atoms with Crippen molar-refractivity contribution in [1.29, 1.82) is 0 Å². The summed E-state index contributed by atoms with van der Waals surface area (Å²) in [7, 11) is 0. The highest BCUT2D eigenvalue weighted by Gasteiger charge is 2.51. The summed E-state index contributed by atoms with van der Waals surface area (Å²) in [6.07, 6.45) is 2.19. The lowest BCUT2D eigenvalue weighted by Gasteiger charge is -2.21. The molecule has 2 fully saturated rings. The number of aliphatic carboxylic acids is 1. The van der Waals surface area contributed by atoms with E-state index in [0.29, 0.717) is 12.2 Å². The van der Waals surface area contributed by atoms with Gasteiger partial charge in [-0.15, -0.1) is 0 Å². The van der Waals surface area contributed by atoms with Crippen molar-refractivity contribution in [2.45, 2.75) is 57.5 Å². The molecule has 1 amide bonds. The van der Waals surface area contributed by atoms with Gasteiger partial charge in [0.15, 0.2) is 5.69 Å². The summed E-state index contributed by atoms with van der Waals surface area (Å²) in [5.41, 5.74) is 0.0712. The van der Waals surface area contributed by atoms with Crippen LogP contribution in [0.25, 0.3) is 0 Å². The molecule has 1 aromatic rings. The maximum absolute atomic E-state index is 12.6. The van der Waals surface area contributed by atoms with E-state index >= 15 is 0 Å². The van der Waals surface area contributed by atoms with Crippen LogP contribution in [0.3, 0.4) is 0 Å². The van der Waals surface area contributed by atoms with Crippen LogP contribution in [0.15, 0.2) is 10.6 Å². The van der Waals surface area contributed by atoms with Crippen molar-refractivity contribution in [3.8, 4) is 0 Å². The number of hydrogen-bond donors (Lipinski definition) is 1. The van der Waals surface area contributed by atoms with Gasteiger partial charge in [-0.3, -0.25) is 9.59 Å². The third-order valence-corrected chi connectivity index (χ3v) is 4.56. The van der Waals surface area contributed by atoms with Crippen LogP contribution in [0.1, 0.15) is 56.3 Å². The maximum Gasteiger partial charge on any atom is 0.308 e. The lowest BCUT2D eigenvalue weighted by Crippen LogP contribution is -2.38. The molecular weight excluding hydrogens is 272 g/mol. The number of amides is 1. The third-order valence-electron chi connectivity index (χ3n) is 4.56. The number of aromatic nitrogens is 1. The predicted molar refractivity (Wildman–Crippen MR) is 73.9 cm³/mol. The van der Waals surface area contributed by atoms with Crippen molar-refractivity contribution in [1.82, 2.24) is 10.1 Å². The van der Waals surface area contributed by atoms with Crippen LogP contribution in [0, 0.1) is 5.92 Å². The molecule has 114 valence electrons. The molecule has 3 atom stereocenters. The van der Waals surface area contributed by atoms with Crippen LogP contribution in [-0.2, 0) is 10.2 Å². The van der Waals surface area contributed by atoms with Crippen LogP contribution >= 0.6 is 0 Å². The molecule has 2 saturated heterocycles. The van der Waals surface area contributed by atoms with Gasteiger partial charge in [0.25, 0.3) is 5.91 Å². The molecule has 0 aliphatic carbocycles. The average molecular weight is 292 g/mol. The normalized spacial score (nSPS) is 28.1. The number of rotatable bonds is 2. The predicted octanol–water partition coefficient (Wildman–Crippen LogP) is 2.05. The quantitative estimate of drug-likeness (QED) is 0.902. The second-order valence-corrected chi connectivity index (χ2v) is 7.02. The SMILES string of the molecule is CC(C)(C)c1cc(C(=O)N2C3CCC2C(C(=O)O)C3)no1. The molecule has 3 unspecified atom stereocenters. The van der Waals surface area contributed by atoms with Crippen molar-refractivity contribution in [3.05, 3.63) is 17.5 Å². The Kier molecular flexibility index (Phi) is 3.07. The van der Waals surface area contributed by atoms with E-state index in [1.54, 1.807) is 11.0 Å². The summed E-state index contributed by atoms with van der Waals surface area (Å²) in [6, 6.07) is 1.50. The minimum Gasteiger partial charge on any atom is -0.481 e. The summed E-state index contributed by atoms with van der Waals surface area (Å²) in [6.45, 7) is 5.96. The van der Waals surface area contributed by atoms with Crippen LogP contribution in [0.5, 0.6) is 0 Å². The van der Waals surface area contributed by atoms with E-state index in [0.717, 1.165) is 12.8 Å². The highest BCUT2D eigenvalue weighted by Crippen LogP contribution is 2.42. The Morgan fingerprint density at radius 3 is 2.62 bits per heavy atom. The van der Waals surface area contributed by atoms with Gasteiger partial charge < -0.3 is 14.5 Å². The molecule has 3 rings (SSSR count). The number of carbonyl (C=O) groups is 2. The van der Waals surface area contributed by atoms with E-state index in [9.17, 15) is 14.7 Å². The first-order valence-corrected chi connectivity index (χ1v) is 7.31. The molecule has 0 aromatic carbocycles. The van der Waals surface area contributed by atoms with Crippen molar-refractivity contribution in [3.63, 3.8) is 0 Å². The Morgan fingerprint density at radius 1 is 1.38 bits per heavy atom. The van der Waals surface area contributed by atoms with Crippen LogP contribution < -0.4 is 0 Å². The average Bonchev–Trinajstić information content (AvgIpc) is 3.10.